The van der Waals surface area contributed by atoms with E-state index in [9.17, 15) is 23.1 Å². The van der Waals surface area contributed by atoms with Crippen LogP contribution in [0.3, 0.4) is 0 Å². The van der Waals surface area contributed by atoms with Gasteiger partial charge in [-0.1, -0.05) is 12.1 Å². The molecular formula is C16H21F3N2O2. The molecule has 2 atom stereocenters. The quantitative estimate of drug-likeness (QED) is 0.871. The number of nitrogens with one attached hydrogen (secondary N) is 1. The molecule has 7 heteroatoms. The van der Waals surface area contributed by atoms with Gasteiger partial charge in [0.05, 0.1) is 11.7 Å². The summed E-state index contributed by atoms with van der Waals surface area (Å²) in [5, 5.41) is 12.6. The van der Waals surface area contributed by atoms with Crippen LogP contribution in [0.2, 0.25) is 0 Å². The number of nitrogens with zero attached hydrogens (tertiary/aromatic N) is 1. The Morgan fingerprint density at radius 2 is 2.17 bits per heavy atom. The van der Waals surface area contributed by atoms with E-state index in [0.29, 0.717) is 31.6 Å². The maximum Gasteiger partial charge on any atom is 0.416 e. The minimum atomic E-state index is -4.39. The van der Waals surface area contributed by atoms with E-state index in [-0.39, 0.29) is 18.4 Å². The van der Waals surface area contributed by atoms with E-state index in [0.717, 1.165) is 12.1 Å². The molecular weight excluding hydrogens is 309 g/mol. The van der Waals surface area contributed by atoms with Crippen molar-refractivity contribution in [1.82, 2.24) is 10.2 Å². The first-order valence-electron chi connectivity index (χ1n) is 7.67. The van der Waals surface area contributed by atoms with E-state index in [1.54, 1.807) is 6.07 Å². The minimum Gasteiger partial charge on any atom is -0.392 e. The van der Waals surface area contributed by atoms with Gasteiger partial charge in [0, 0.05) is 32.1 Å². The first-order chi connectivity index (χ1) is 10.8. The molecule has 0 saturated carbocycles. The largest absolute Gasteiger partial charge is 0.416 e. The third-order valence-electron chi connectivity index (χ3n) is 3.98. The number of rotatable bonds is 5. The number of amides is 1. The van der Waals surface area contributed by atoms with Gasteiger partial charge in [-0.05, 0) is 31.0 Å². The number of carbonyl (C=O) groups is 1. The predicted octanol–water partition coefficient (Wildman–Crippen LogP) is 2.34. The molecule has 1 aliphatic heterocycles. The van der Waals surface area contributed by atoms with E-state index >= 15 is 0 Å². The van der Waals surface area contributed by atoms with Crippen molar-refractivity contribution in [2.75, 3.05) is 19.6 Å². The van der Waals surface area contributed by atoms with E-state index in [1.807, 2.05) is 11.8 Å². The lowest BCUT2D eigenvalue weighted by atomic mass is 10.0. The molecule has 2 N–H and O–H groups in total. The zero-order valence-electron chi connectivity index (χ0n) is 12.9. The summed E-state index contributed by atoms with van der Waals surface area (Å²) in [5.74, 6) is -0.100. The highest BCUT2D eigenvalue weighted by atomic mass is 19.4. The summed E-state index contributed by atoms with van der Waals surface area (Å²) in [5.41, 5.74) is -0.174. The summed E-state index contributed by atoms with van der Waals surface area (Å²) >= 11 is 0. The average Bonchev–Trinajstić information content (AvgIpc) is 2.86. The van der Waals surface area contributed by atoms with Crippen LogP contribution in [0, 0.1) is 0 Å². The summed E-state index contributed by atoms with van der Waals surface area (Å²) < 4.78 is 38.6. The number of β-amino-alcohol motifs (C(OH)–C–C–N with tert-alkyl or cyclic N) is 1. The number of aliphatic hydroxyl groups excluding tert-OH is 1. The second-order valence-corrected chi connectivity index (χ2v) is 5.73. The fraction of sp³-hybridized carbons (Fsp3) is 0.562. The van der Waals surface area contributed by atoms with Crippen LogP contribution in [0.1, 0.15) is 36.9 Å². The molecule has 1 aliphatic rings. The van der Waals surface area contributed by atoms with Gasteiger partial charge >= 0.3 is 6.18 Å². The van der Waals surface area contributed by atoms with Crippen molar-refractivity contribution in [3.63, 3.8) is 0 Å². The Morgan fingerprint density at radius 1 is 1.43 bits per heavy atom. The van der Waals surface area contributed by atoms with Gasteiger partial charge in [-0.25, -0.2) is 0 Å². The molecule has 1 heterocycles. The van der Waals surface area contributed by atoms with Gasteiger partial charge in [0.1, 0.15) is 0 Å². The SMILES string of the molecule is CCNC(=O)CCN1C[C@H](O)C[C@@H]1c1cccc(C(F)(F)F)c1. The molecule has 0 radical (unpaired) electrons. The standard InChI is InChI=1S/C16H21F3N2O2/c1-2-20-15(23)6-7-21-10-13(22)9-14(21)11-4-3-5-12(8-11)16(17,18)19/h3-5,8,13-14,22H,2,6-7,9-10H2,1H3,(H,20,23)/t13-,14-/m1/s1. The molecule has 2 rings (SSSR count). The molecule has 4 nitrogen and oxygen atoms in total. The number of alkyl halides is 3. The number of carbonyl (C=O) groups excluding carboxylic acids is 1. The van der Waals surface area contributed by atoms with Crippen LogP contribution in [-0.2, 0) is 11.0 Å². The summed E-state index contributed by atoms with van der Waals surface area (Å²) in [6.45, 7) is 3.13. The van der Waals surface area contributed by atoms with Gasteiger partial charge in [0.15, 0.2) is 0 Å². The van der Waals surface area contributed by atoms with Crippen LogP contribution in [0.25, 0.3) is 0 Å². The number of hydrogen-bond donors (Lipinski definition) is 2. The number of benzene rings is 1. The van der Waals surface area contributed by atoms with Crippen molar-refractivity contribution in [2.24, 2.45) is 0 Å². The van der Waals surface area contributed by atoms with E-state index in [1.165, 1.54) is 6.07 Å². The summed E-state index contributed by atoms with van der Waals surface area (Å²) in [6.07, 6.45) is -4.35. The summed E-state index contributed by atoms with van der Waals surface area (Å²) in [6, 6.07) is 4.87. The van der Waals surface area contributed by atoms with Gasteiger partial charge in [-0.3, -0.25) is 9.69 Å². The van der Waals surface area contributed by atoms with Crippen LogP contribution >= 0.6 is 0 Å². The molecule has 1 aromatic carbocycles. The molecule has 0 bridgehead atoms. The lowest BCUT2D eigenvalue weighted by Crippen LogP contribution is -2.31. The average molecular weight is 330 g/mol. The lowest BCUT2D eigenvalue weighted by molar-refractivity contribution is -0.137. The molecule has 0 aliphatic carbocycles. The molecule has 0 aromatic heterocycles. The zero-order chi connectivity index (χ0) is 17.0. The Bertz CT molecular complexity index is 548. The fourth-order valence-corrected chi connectivity index (χ4v) is 2.93. The molecule has 128 valence electrons. The van der Waals surface area contributed by atoms with Crippen LogP contribution in [-0.4, -0.2) is 41.7 Å². The Hall–Kier alpha value is -1.60. The normalized spacial score (nSPS) is 22.3. The monoisotopic (exact) mass is 330 g/mol. The van der Waals surface area contributed by atoms with Crippen LogP contribution in [0.4, 0.5) is 13.2 Å². The second-order valence-electron chi connectivity index (χ2n) is 5.73. The van der Waals surface area contributed by atoms with Crippen molar-refractivity contribution in [1.29, 1.82) is 0 Å². The van der Waals surface area contributed by atoms with Crippen LogP contribution < -0.4 is 5.32 Å². The maximum absolute atomic E-state index is 12.9. The van der Waals surface area contributed by atoms with Gasteiger partial charge in [0.2, 0.25) is 5.91 Å². The van der Waals surface area contributed by atoms with Crippen molar-refractivity contribution >= 4 is 5.91 Å². The van der Waals surface area contributed by atoms with Crippen LogP contribution in [0.5, 0.6) is 0 Å². The third kappa shape index (κ3) is 4.68. The Balaban J connectivity index is 2.11. The van der Waals surface area contributed by atoms with Gasteiger partial charge in [-0.2, -0.15) is 13.2 Å². The molecule has 1 amide bonds. The number of halogens is 3. The fourth-order valence-electron chi connectivity index (χ4n) is 2.93. The topological polar surface area (TPSA) is 52.6 Å². The summed E-state index contributed by atoms with van der Waals surface area (Å²) in [7, 11) is 0. The highest BCUT2D eigenvalue weighted by Crippen LogP contribution is 2.36. The maximum atomic E-state index is 12.9. The molecule has 23 heavy (non-hydrogen) atoms. The number of hydrogen-bond acceptors (Lipinski definition) is 3. The second kappa shape index (κ2) is 7.31. The molecule has 0 spiro atoms. The molecule has 1 fully saturated rings. The van der Waals surface area contributed by atoms with Gasteiger partial charge in [-0.15, -0.1) is 0 Å². The number of aliphatic hydroxyl groups is 1. The van der Waals surface area contributed by atoms with Gasteiger partial charge in [0.25, 0.3) is 0 Å². The predicted molar refractivity (Wildman–Crippen MR) is 79.7 cm³/mol. The molecule has 0 unspecified atom stereocenters. The number of likely N-dealkylation sites (tertiary alicyclic amines) is 1. The Labute approximate surface area is 133 Å². The molecule has 1 saturated heterocycles. The minimum absolute atomic E-state index is 0.100. The first-order valence-corrected chi connectivity index (χ1v) is 7.67. The molecule has 1 aromatic rings. The van der Waals surface area contributed by atoms with E-state index in [2.05, 4.69) is 5.32 Å². The van der Waals surface area contributed by atoms with Crippen molar-refractivity contribution in [3.05, 3.63) is 35.4 Å². The Kier molecular flexibility index (Phi) is 5.64. The highest BCUT2D eigenvalue weighted by Gasteiger charge is 2.35. The lowest BCUT2D eigenvalue weighted by Gasteiger charge is -2.24. The van der Waals surface area contributed by atoms with E-state index in [4.69, 9.17) is 0 Å². The first kappa shape index (κ1) is 17.7. The zero-order valence-corrected chi connectivity index (χ0v) is 12.9. The van der Waals surface area contributed by atoms with Crippen molar-refractivity contribution < 1.29 is 23.1 Å². The van der Waals surface area contributed by atoms with Crippen molar-refractivity contribution in [3.8, 4) is 0 Å². The van der Waals surface area contributed by atoms with Crippen LogP contribution in [0.15, 0.2) is 24.3 Å². The smallest absolute Gasteiger partial charge is 0.392 e. The third-order valence-corrected chi connectivity index (χ3v) is 3.98. The van der Waals surface area contributed by atoms with E-state index < -0.39 is 17.8 Å². The Morgan fingerprint density at radius 3 is 2.83 bits per heavy atom. The summed E-state index contributed by atoms with van der Waals surface area (Å²) in [4.78, 5) is 13.4. The van der Waals surface area contributed by atoms with Crippen molar-refractivity contribution in [2.45, 2.75) is 38.1 Å². The highest BCUT2D eigenvalue weighted by molar-refractivity contribution is 5.75. The van der Waals surface area contributed by atoms with Gasteiger partial charge < -0.3 is 10.4 Å².